The lowest BCUT2D eigenvalue weighted by atomic mass is 10.0. The second-order valence-corrected chi connectivity index (χ2v) is 16.7. The highest BCUT2D eigenvalue weighted by atomic mass is 31.2. The van der Waals surface area contributed by atoms with E-state index >= 15 is 0 Å². The Bertz CT molecular complexity index is 919. The summed E-state index contributed by atoms with van der Waals surface area (Å²) in [5.74, 6) is -1.80. The fourth-order valence-corrected chi connectivity index (χ4v) is 7.17. The third-order valence-corrected chi connectivity index (χ3v) is 10.8. The van der Waals surface area contributed by atoms with Crippen LogP contribution in [0.5, 0.6) is 0 Å². The van der Waals surface area contributed by atoms with E-state index in [0.717, 1.165) is 25.7 Å². The number of phosphoric ester groups is 1. The number of hydrogen-bond donors (Lipinski definition) is 3. The summed E-state index contributed by atoms with van der Waals surface area (Å²) in [5, 5.41) is 8.89. The summed E-state index contributed by atoms with van der Waals surface area (Å²) in [4.78, 5) is 33.5. The molecule has 0 heterocycles. The van der Waals surface area contributed by atoms with Crippen molar-refractivity contribution in [3.63, 3.8) is 0 Å². The number of carbonyl (C=O) groups excluding carboxylic acids is 1. The van der Waals surface area contributed by atoms with Gasteiger partial charge in [0.15, 0.2) is 6.10 Å². The SMILES string of the molecule is CCCCCCCCCCCCCCCC/C=C\OC[C@H](COP(=O)(O)OC[C@H](N)C(=O)O)OC(=O)CCCCCCCCCCCCCCCCCC. The number of hydrogen-bond acceptors (Lipinski definition) is 8. The van der Waals surface area contributed by atoms with E-state index in [1.54, 1.807) is 6.26 Å². The lowest BCUT2D eigenvalue weighted by Crippen LogP contribution is -2.34. The number of carbonyl (C=O) groups is 2. The molecule has 54 heavy (non-hydrogen) atoms. The summed E-state index contributed by atoms with van der Waals surface area (Å²) in [6.07, 6.45) is 42.0. The zero-order valence-electron chi connectivity index (χ0n) is 34.8. The summed E-state index contributed by atoms with van der Waals surface area (Å²) in [6, 6.07) is -1.48. The van der Waals surface area contributed by atoms with Crippen molar-refractivity contribution >= 4 is 19.8 Å². The van der Waals surface area contributed by atoms with Crippen LogP contribution in [-0.4, -0.2) is 53.9 Å². The minimum Gasteiger partial charge on any atom is -0.498 e. The van der Waals surface area contributed by atoms with Crippen LogP contribution in [0.15, 0.2) is 12.3 Å². The summed E-state index contributed by atoms with van der Waals surface area (Å²) in [6.45, 7) is 3.31. The van der Waals surface area contributed by atoms with E-state index in [9.17, 15) is 19.0 Å². The number of carboxylic acid groups (broad SMARTS) is 1. The maximum Gasteiger partial charge on any atom is 0.472 e. The number of ether oxygens (including phenoxy) is 2. The van der Waals surface area contributed by atoms with Gasteiger partial charge in [0.25, 0.3) is 0 Å². The Balaban J connectivity index is 4.24. The van der Waals surface area contributed by atoms with Crippen LogP contribution in [0.25, 0.3) is 0 Å². The lowest BCUT2D eigenvalue weighted by molar-refractivity contribution is -0.153. The summed E-state index contributed by atoms with van der Waals surface area (Å²) < 4.78 is 33.1. The molecule has 1 unspecified atom stereocenters. The molecule has 0 aromatic rings. The van der Waals surface area contributed by atoms with E-state index in [-0.39, 0.29) is 13.0 Å². The Kier molecular flexibility index (Phi) is 38.7. The quantitative estimate of drug-likeness (QED) is 0.0235. The van der Waals surface area contributed by atoms with Gasteiger partial charge in [0.05, 0.1) is 19.5 Å². The summed E-state index contributed by atoms with van der Waals surface area (Å²) >= 11 is 0. The van der Waals surface area contributed by atoms with Crippen LogP contribution in [0.2, 0.25) is 0 Å². The predicted octanol–water partition coefficient (Wildman–Crippen LogP) is 12.5. The second-order valence-electron chi connectivity index (χ2n) is 15.3. The van der Waals surface area contributed by atoms with Gasteiger partial charge in [0.1, 0.15) is 12.6 Å². The Morgan fingerprint density at radius 2 is 0.944 bits per heavy atom. The smallest absolute Gasteiger partial charge is 0.472 e. The third kappa shape index (κ3) is 38.8. The van der Waals surface area contributed by atoms with Crippen LogP contribution in [-0.2, 0) is 32.7 Å². The molecule has 0 amide bonds. The summed E-state index contributed by atoms with van der Waals surface area (Å²) in [5.41, 5.74) is 5.35. The number of phosphoric acid groups is 1. The molecule has 0 rings (SSSR count). The highest BCUT2D eigenvalue weighted by Crippen LogP contribution is 2.43. The van der Waals surface area contributed by atoms with E-state index in [1.165, 1.54) is 167 Å². The highest BCUT2D eigenvalue weighted by Gasteiger charge is 2.27. The number of rotatable bonds is 43. The molecule has 0 aliphatic rings. The number of unbranched alkanes of at least 4 members (excludes halogenated alkanes) is 29. The number of esters is 1. The van der Waals surface area contributed by atoms with Crippen molar-refractivity contribution < 1.29 is 42.7 Å². The molecular formula is C43H84NO9P. The number of carboxylic acids is 1. The summed E-state index contributed by atoms with van der Waals surface area (Å²) in [7, 11) is -4.62. The van der Waals surface area contributed by atoms with Gasteiger partial charge >= 0.3 is 19.8 Å². The maximum absolute atomic E-state index is 12.6. The molecule has 320 valence electrons. The second kappa shape index (κ2) is 39.8. The van der Waals surface area contributed by atoms with Crippen molar-refractivity contribution in [2.75, 3.05) is 19.8 Å². The first-order valence-electron chi connectivity index (χ1n) is 22.3. The predicted molar refractivity (Wildman–Crippen MR) is 221 cm³/mol. The zero-order valence-corrected chi connectivity index (χ0v) is 35.7. The standard InChI is InChI=1S/C43H84NO9P/c1-3-5-7-9-11-13-15-17-19-21-23-25-27-29-31-33-35-42(45)53-40(38-51-54(48,49)52-39-41(44)43(46)47)37-50-36-34-32-30-28-26-24-22-20-18-16-14-12-10-8-6-4-2/h34,36,40-41H,3-33,35,37-39,44H2,1-2H3,(H,46,47)(H,48,49)/b36-34-/t40-,41+/m1/s1. The molecule has 10 nitrogen and oxygen atoms in total. The van der Waals surface area contributed by atoms with Gasteiger partial charge < -0.3 is 25.2 Å². The van der Waals surface area contributed by atoms with Gasteiger partial charge in [-0.15, -0.1) is 0 Å². The van der Waals surface area contributed by atoms with Crippen molar-refractivity contribution in [2.24, 2.45) is 5.73 Å². The molecule has 0 aliphatic heterocycles. The fraction of sp³-hybridized carbons (Fsp3) is 0.907. The van der Waals surface area contributed by atoms with Gasteiger partial charge in [-0.3, -0.25) is 18.6 Å². The third-order valence-electron chi connectivity index (χ3n) is 9.89. The van der Waals surface area contributed by atoms with Crippen LogP contribution in [0.4, 0.5) is 0 Å². The van der Waals surface area contributed by atoms with Gasteiger partial charge in [-0.25, -0.2) is 4.57 Å². The molecule has 0 saturated carbocycles. The monoisotopic (exact) mass is 790 g/mol. The minimum absolute atomic E-state index is 0.0609. The molecule has 0 bridgehead atoms. The normalized spacial score (nSPS) is 13.9. The van der Waals surface area contributed by atoms with Crippen molar-refractivity contribution in [2.45, 2.75) is 231 Å². The molecule has 0 spiro atoms. The Morgan fingerprint density at radius 3 is 1.35 bits per heavy atom. The Labute approximate surface area is 331 Å². The van der Waals surface area contributed by atoms with Crippen molar-refractivity contribution in [3.05, 3.63) is 12.3 Å². The van der Waals surface area contributed by atoms with E-state index in [1.807, 2.05) is 6.08 Å². The molecule has 0 saturated heterocycles. The lowest BCUT2D eigenvalue weighted by Gasteiger charge is -2.20. The van der Waals surface area contributed by atoms with E-state index in [0.29, 0.717) is 6.42 Å². The van der Waals surface area contributed by atoms with Gasteiger partial charge in [-0.05, 0) is 25.3 Å². The van der Waals surface area contributed by atoms with Crippen LogP contribution in [0.3, 0.4) is 0 Å². The molecule has 0 aromatic heterocycles. The first kappa shape index (κ1) is 52.6. The van der Waals surface area contributed by atoms with Gasteiger partial charge in [-0.2, -0.15) is 0 Å². The van der Waals surface area contributed by atoms with E-state index in [2.05, 4.69) is 13.8 Å². The fourth-order valence-electron chi connectivity index (χ4n) is 6.39. The maximum atomic E-state index is 12.6. The van der Waals surface area contributed by atoms with Crippen LogP contribution in [0.1, 0.15) is 219 Å². The highest BCUT2D eigenvalue weighted by molar-refractivity contribution is 7.47. The van der Waals surface area contributed by atoms with Crippen molar-refractivity contribution in [3.8, 4) is 0 Å². The Hall–Kier alpha value is -1.45. The number of aliphatic carboxylic acids is 1. The topological polar surface area (TPSA) is 155 Å². The molecule has 0 aromatic carbocycles. The van der Waals surface area contributed by atoms with Crippen LogP contribution < -0.4 is 5.73 Å². The molecule has 0 fully saturated rings. The molecule has 0 aliphatic carbocycles. The molecule has 11 heteroatoms. The average Bonchev–Trinajstić information content (AvgIpc) is 3.15. The molecule has 3 atom stereocenters. The average molecular weight is 790 g/mol. The van der Waals surface area contributed by atoms with Gasteiger partial charge in [0.2, 0.25) is 0 Å². The molecule has 4 N–H and O–H groups in total. The number of allylic oxidation sites excluding steroid dienone is 1. The van der Waals surface area contributed by atoms with Crippen molar-refractivity contribution in [1.82, 2.24) is 0 Å². The minimum atomic E-state index is -4.62. The number of nitrogens with two attached hydrogens (primary N) is 1. The van der Waals surface area contributed by atoms with Crippen LogP contribution >= 0.6 is 7.82 Å². The molecule has 0 radical (unpaired) electrons. The van der Waals surface area contributed by atoms with E-state index in [4.69, 9.17) is 29.4 Å². The van der Waals surface area contributed by atoms with Crippen molar-refractivity contribution in [1.29, 1.82) is 0 Å². The first-order chi connectivity index (χ1) is 26.2. The molecular weight excluding hydrogens is 705 g/mol. The first-order valence-corrected chi connectivity index (χ1v) is 23.8. The zero-order chi connectivity index (χ0) is 39.8. The van der Waals surface area contributed by atoms with E-state index < -0.39 is 45.1 Å². The largest absolute Gasteiger partial charge is 0.498 e. The van der Waals surface area contributed by atoms with Gasteiger partial charge in [0, 0.05) is 6.42 Å². The van der Waals surface area contributed by atoms with Crippen LogP contribution in [0, 0.1) is 0 Å². The Morgan fingerprint density at radius 1 is 0.574 bits per heavy atom. The van der Waals surface area contributed by atoms with Gasteiger partial charge in [-0.1, -0.05) is 194 Å².